The lowest BCUT2D eigenvalue weighted by atomic mass is 10.3. The second-order valence-corrected chi connectivity index (χ2v) is 5.39. The monoisotopic (exact) mass is 240 g/mol. The van der Waals surface area contributed by atoms with E-state index in [4.69, 9.17) is 4.74 Å². The molecule has 0 aromatic carbocycles. The van der Waals surface area contributed by atoms with Crippen molar-refractivity contribution in [1.29, 1.82) is 0 Å². The molecule has 0 radical (unpaired) electrons. The van der Waals surface area contributed by atoms with Crippen LogP contribution in [0.25, 0.3) is 0 Å². The van der Waals surface area contributed by atoms with Crippen molar-refractivity contribution >= 4 is 11.3 Å². The van der Waals surface area contributed by atoms with Crippen LogP contribution < -0.4 is 5.32 Å². The van der Waals surface area contributed by atoms with Crippen molar-refractivity contribution < 1.29 is 4.74 Å². The standard InChI is InChI=1S/C12H20N2OS/c1-13-9-11-3-4-12(16-11)10-14-5-2-7-15-8-6-14/h3-4,13H,2,5-10H2,1H3. The van der Waals surface area contributed by atoms with Crippen molar-refractivity contribution in [1.82, 2.24) is 10.2 Å². The van der Waals surface area contributed by atoms with Gasteiger partial charge in [-0.25, -0.2) is 0 Å². The van der Waals surface area contributed by atoms with E-state index in [1.54, 1.807) is 0 Å². The fraction of sp³-hybridized carbons (Fsp3) is 0.667. The number of ether oxygens (including phenoxy) is 1. The zero-order valence-corrected chi connectivity index (χ0v) is 10.7. The summed E-state index contributed by atoms with van der Waals surface area (Å²) in [5, 5.41) is 3.19. The van der Waals surface area contributed by atoms with Gasteiger partial charge in [-0.1, -0.05) is 0 Å². The highest BCUT2D eigenvalue weighted by Crippen LogP contribution is 2.18. The number of thiophene rings is 1. The van der Waals surface area contributed by atoms with Crippen molar-refractivity contribution in [2.45, 2.75) is 19.5 Å². The minimum atomic E-state index is 0.884. The summed E-state index contributed by atoms with van der Waals surface area (Å²) in [6.45, 7) is 6.10. The lowest BCUT2D eigenvalue weighted by Crippen LogP contribution is -2.25. The first-order valence-corrected chi connectivity index (χ1v) is 6.72. The van der Waals surface area contributed by atoms with Gasteiger partial charge in [0, 0.05) is 42.5 Å². The molecular formula is C12H20N2OS. The average Bonchev–Trinajstić information content (AvgIpc) is 2.56. The summed E-state index contributed by atoms with van der Waals surface area (Å²) in [5.74, 6) is 0. The fourth-order valence-corrected chi connectivity index (χ4v) is 3.03. The fourth-order valence-electron chi connectivity index (χ4n) is 1.95. The predicted molar refractivity (Wildman–Crippen MR) is 67.8 cm³/mol. The number of hydrogen-bond acceptors (Lipinski definition) is 4. The molecule has 4 heteroatoms. The molecular weight excluding hydrogens is 220 g/mol. The van der Waals surface area contributed by atoms with Crippen LogP contribution in [0.15, 0.2) is 12.1 Å². The summed E-state index contributed by atoms with van der Waals surface area (Å²) in [4.78, 5) is 5.37. The maximum atomic E-state index is 5.46. The van der Waals surface area contributed by atoms with E-state index >= 15 is 0 Å². The van der Waals surface area contributed by atoms with Gasteiger partial charge >= 0.3 is 0 Å². The summed E-state index contributed by atoms with van der Waals surface area (Å²) < 4.78 is 5.46. The lowest BCUT2D eigenvalue weighted by Gasteiger charge is -2.17. The highest BCUT2D eigenvalue weighted by molar-refractivity contribution is 7.11. The van der Waals surface area contributed by atoms with Crippen LogP contribution in [0.5, 0.6) is 0 Å². The highest BCUT2D eigenvalue weighted by atomic mass is 32.1. The molecule has 2 rings (SSSR count). The highest BCUT2D eigenvalue weighted by Gasteiger charge is 2.10. The van der Waals surface area contributed by atoms with E-state index in [1.165, 1.54) is 16.3 Å². The summed E-state index contributed by atoms with van der Waals surface area (Å²) in [6.07, 6.45) is 1.16. The number of rotatable bonds is 4. The van der Waals surface area contributed by atoms with Crippen LogP contribution in [0, 0.1) is 0 Å². The third-order valence-corrected chi connectivity index (χ3v) is 3.83. The van der Waals surface area contributed by atoms with Gasteiger partial charge in [0.25, 0.3) is 0 Å². The molecule has 16 heavy (non-hydrogen) atoms. The van der Waals surface area contributed by atoms with Crippen LogP contribution in [0.4, 0.5) is 0 Å². The van der Waals surface area contributed by atoms with Gasteiger partial charge in [0.1, 0.15) is 0 Å². The van der Waals surface area contributed by atoms with Crippen molar-refractivity contribution in [3.63, 3.8) is 0 Å². The quantitative estimate of drug-likeness (QED) is 0.867. The van der Waals surface area contributed by atoms with E-state index < -0.39 is 0 Å². The van der Waals surface area contributed by atoms with Crippen LogP contribution in [0.1, 0.15) is 16.2 Å². The minimum absolute atomic E-state index is 0.884. The van der Waals surface area contributed by atoms with Gasteiger partial charge in [0.15, 0.2) is 0 Å². The molecule has 1 aromatic heterocycles. The van der Waals surface area contributed by atoms with Crippen molar-refractivity contribution in [2.24, 2.45) is 0 Å². The zero-order chi connectivity index (χ0) is 11.2. The van der Waals surface area contributed by atoms with E-state index in [1.807, 2.05) is 18.4 Å². The van der Waals surface area contributed by atoms with Gasteiger partial charge in [-0.3, -0.25) is 4.90 Å². The molecule has 0 saturated carbocycles. The molecule has 0 aliphatic carbocycles. The maximum absolute atomic E-state index is 5.46. The SMILES string of the molecule is CNCc1ccc(CN2CCCOCC2)s1. The topological polar surface area (TPSA) is 24.5 Å². The molecule has 1 aromatic rings. The number of nitrogens with zero attached hydrogens (tertiary/aromatic N) is 1. The molecule has 0 unspecified atom stereocenters. The van der Waals surface area contributed by atoms with E-state index in [0.717, 1.165) is 39.3 Å². The van der Waals surface area contributed by atoms with Crippen molar-refractivity contribution in [3.05, 3.63) is 21.9 Å². The van der Waals surface area contributed by atoms with E-state index in [0.29, 0.717) is 0 Å². The molecule has 0 spiro atoms. The Balaban J connectivity index is 1.86. The summed E-state index contributed by atoms with van der Waals surface area (Å²) >= 11 is 1.91. The molecule has 1 aliphatic rings. The van der Waals surface area contributed by atoms with E-state index in [-0.39, 0.29) is 0 Å². The molecule has 1 fully saturated rings. The Morgan fingerprint density at radius 1 is 1.31 bits per heavy atom. The molecule has 1 aliphatic heterocycles. The Bertz CT molecular complexity index is 306. The molecule has 0 bridgehead atoms. The van der Waals surface area contributed by atoms with Gasteiger partial charge in [0.2, 0.25) is 0 Å². The van der Waals surface area contributed by atoms with Crippen LogP contribution in [-0.2, 0) is 17.8 Å². The van der Waals surface area contributed by atoms with Gasteiger partial charge < -0.3 is 10.1 Å². The number of nitrogens with one attached hydrogen (secondary N) is 1. The first-order chi connectivity index (χ1) is 7.88. The normalized spacial score (nSPS) is 18.6. The van der Waals surface area contributed by atoms with Gasteiger partial charge in [-0.05, 0) is 25.6 Å². The molecule has 3 nitrogen and oxygen atoms in total. The predicted octanol–water partition coefficient (Wildman–Crippen LogP) is 1.69. The maximum Gasteiger partial charge on any atom is 0.0593 e. The van der Waals surface area contributed by atoms with Crippen LogP contribution in [0.2, 0.25) is 0 Å². The minimum Gasteiger partial charge on any atom is -0.380 e. The molecule has 1 saturated heterocycles. The second kappa shape index (κ2) is 6.35. The summed E-state index contributed by atoms with van der Waals surface area (Å²) in [5.41, 5.74) is 0. The van der Waals surface area contributed by atoms with Crippen molar-refractivity contribution in [3.8, 4) is 0 Å². The Kier molecular flexibility index (Phi) is 4.78. The van der Waals surface area contributed by atoms with Crippen LogP contribution in [-0.4, -0.2) is 38.3 Å². The Morgan fingerprint density at radius 2 is 2.19 bits per heavy atom. The van der Waals surface area contributed by atoms with Crippen LogP contribution >= 0.6 is 11.3 Å². The van der Waals surface area contributed by atoms with Gasteiger partial charge in [-0.2, -0.15) is 0 Å². The molecule has 90 valence electrons. The summed E-state index contributed by atoms with van der Waals surface area (Å²) in [6, 6.07) is 4.48. The molecule has 0 amide bonds. The third kappa shape index (κ3) is 3.56. The molecule has 0 atom stereocenters. The van der Waals surface area contributed by atoms with Gasteiger partial charge in [-0.15, -0.1) is 11.3 Å². The Morgan fingerprint density at radius 3 is 3.06 bits per heavy atom. The lowest BCUT2D eigenvalue weighted by molar-refractivity contribution is 0.140. The van der Waals surface area contributed by atoms with E-state index in [2.05, 4.69) is 22.3 Å². The number of hydrogen-bond donors (Lipinski definition) is 1. The summed E-state index contributed by atoms with van der Waals surface area (Å²) in [7, 11) is 1.99. The second-order valence-electron chi connectivity index (χ2n) is 4.14. The Hall–Kier alpha value is -0.420. The third-order valence-electron chi connectivity index (χ3n) is 2.76. The first kappa shape index (κ1) is 12.0. The largest absolute Gasteiger partial charge is 0.380 e. The molecule has 1 N–H and O–H groups in total. The zero-order valence-electron chi connectivity index (χ0n) is 9.87. The Labute approximate surface area is 101 Å². The van der Waals surface area contributed by atoms with Gasteiger partial charge in [0.05, 0.1) is 6.61 Å². The smallest absolute Gasteiger partial charge is 0.0593 e. The average molecular weight is 240 g/mol. The van der Waals surface area contributed by atoms with E-state index in [9.17, 15) is 0 Å². The van der Waals surface area contributed by atoms with Crippen molar-refractivity contribution in [2.75, 3.05) is 33.4 Å². The first-order valence-electron chi connectivity index (χ1n) is 5.91. The van der Waals surface area contributed by atoms with Crippen LogP contribution in [0.3, 0.4) is 0 Å². The molecule has 2 heterocycles.